The lowest BCUT2D eigenvalue weighted by Crippen LogP contribution is -2.36. The van der Waals surface area contributed by atoms with Crippen LogP contribution in [0.3, 0.4) is 0 Å². The molecule has 2 aromatic carbocycles. The van der Waals surface area contributed by atoms with Crippen LogP contribution in [-0.2, 0) is 9.53 Å². The topological polar surface area (TPSA) is 51.1 Å². The van der Waals surface area contributed by atoms with Crippen molar-refractivity contribution in [3.8, 4) is 5.75 Å². The van der Waals surface area contributed by atoms with Crippen LogP contribution in [0.5, 0.6) is 5.75 Å². The van der Waals surface area contributed by atoms with E-state index in [1.165, 1.54) is 11.9 Å². The van der Waals surface area contributed by atoms with E-state index in [1.54, 1.807) is 24.3 Å². The van der Waals surface area contributed by atoms with Crippen molar-refractivity contribution in [2.24, 2.45) is 5.10 Å². The summed E-state index contributed by atoms with van der Waals surface area (Å²) in [7, 11) is 0. The summed E-state index contributed by atoms with van der Waals surface area (Å²) in [5.74, 6) is 0.542. The quantitative estimate of drug-likeness (QED) is 0.749. The lowest BCUT2D eigenvalue weighted by molar-refractivity contribution is -0.136. The van der Waals surface area contributed by atoms with Crippen molar-refractivity contribution >= 4 is 41.1 Å². The minimum atomic E-state index is -0.672. The maximum atomic E-state index is 11.8. The average molecular weight is 391 g/mol. The Kier molecular flexibility index (Phi) is 5.81. The molecule has 3 rings (SSSR count). The normalized spacial score (nSPS) is 16.5. The van der Waals surface area contributed by atoms with Crippen LogP contribution >= 0.6 is 23.2 Å². The Labute approximate surface area is 161 Å². The molecule has 0 spiro atoms. The lowest BCUT2D eigenvalue weighted by atomic mass is 10.2. The number of nitrogens with zero attached hydrogens (tertiary/aromatic N) is 2. The molecule has 5 nitrogen and oxygen atoms in total. The summed E-state index contributed by atoms with van der Waals surface area (Å²) in [6, 6.07) is 14.6. The first-order chi connectivity index (χ1) is 12.5. The number of carbonyl (C=O) groups is 1. The number of amides is 1. The number of benzene rings is 2. The molecule has 1 aliphatic heterocycles. The van der Waals surface area contributed by atoms with Gasteiger partial charge in [0.15, 0.2) is 0 Å². The molecule has 7 heteroatoms. The molecule has 0 radical (unpaired) electrons. The zero-order valence-corrected chi connectivity index (χ0v) is 15.4. The fourth-order valence-electron chi connectivity index (χ4n) is 2.32. The molecule has 0 N–H and O–H groups in total. The molecular formula is C19H16Cl2N2O3. The molecule has 134 valence electrons. The highest BCUT2D eigenvalue weighted by atomic mass is 35.5. The first kappa shape index (κ1) is 18.3. The number of halogens is 2. The first-order valence-electron chi connectivity index (χ1n) is 7.89. The van der Waals surface area contributed by atoms with Crippen LogP contribution in [0.4, 0.5) is 0 Å². The van der Waals surface area contributed by atoms with Crippen molar-refractivity contribution in [1.82, 2.24) is 5.01 Å². The van der Waals surface area contributed by atoms with Gasteiger partial charge in [-0.3, -0.25) is 4.79 Å². The number of carbonyl (C=O) groups excluding carboxylic acids is 1. The van der Waals surface area contributed by atoms with Crippen molar-refractivity contribution in [1.29, 1.82) is 0 Å². The fraction of sp³-hybridized carbons (Fsp3) is 0.158. The van der Waals surface area contributed by atoms with Crippen LogP contribution in [0.2, 0.25) is 10.0 Å². The Morgan fingerprint density at radius 1 is 1.23 bits per heavy atom. The van der Waals surface area contributed by atoms with Crippen molar-refractivity contribution in [3.63, 3.8) is 0 Å². The maximum absolute atomic E-state index is 11.8. The van der Waals surface area contributed by atoms with E-state index in [2.05, 4.69) is 5.10 Å². The SMILES string of the molecule is CC(=O)N1N=C(/C=C/c2ccccc2)OC1COc1ccc(Cl)cc1Cl. The second-order valence-corrected chi connectivity index (χ2v) is 6.35. The van der Waals surface area contributed by atoms with E-state index in [-0.39, 0.29) is 12.5 Å². The number of rotatable bonds is 5. The van der Waals surface area contributed by atoms with Gasteiger partial charge in [0, 0.05) is 18.0 Å². The average Bonchev–Trinajstić information content (AvgIpc) is 3.04. The van der Waals surface area contributed by atoms with Crippen molar-refractivity contribution in [3.05, 3.63) is 70.2 Å². The minimum Gasteiger partial charge on any atom is -0.486 e. The standard InChI is InChI=1S/C19H16Cl2N2O3/c1-13(24)23-19(12-25-17-9-8-15(20)11-16(17)21)26-18(22-23)10-7-14-5-3-2-4-6-14/h2-11,19H,12H2,1H3/b10-7+. The summed E-state index contributed by atoms with van der Waals surface area (Å²) >= 11 is 12.0. The van der Waals surface area contributed by atoms with Gasteiger partial charge < -0.3 is 9.47 Å². The van der Waals surface area contributed by atoms with E-state index >= 15 is 0 Å². The summed E-state index contributed by atoms with van der Waals surface area (Å²) in [6.07, 6.45) is 2.89. The third-order valence-electron chi connectivity index (χ3n) is 3.55. The van der Waals surface area contributed by atoms with Gasteiger partial charge in [-0.1, -0.05) is 53.5 Å². The van der Waals surface area contributed by atoms with Crippen LogP contribution in [0, 0.1) is 0 Å². The third-order valence-corrected chi connectivity index (χ3v) is 4.08. The molecule has 0 bridgehead atoms. The molecule has 1 atom stereocenters. The monoisotopic (exact) mass is 390 g/mol. The molecule has 1 amide bonds. The minimum absolute atomic E-state index is 0.0765. The van der Waals surface area contributed by atoms with Gasteiger partial charge in [-0.2, -0.15) is 5.01 Å². The summed E-state index contributed by atoms with van der Waals surface area (Å²) in [6.45, 7) is 1.49. The van der Waals surface area contributed by atoms with Gasteiger partial charge in [-0.05, 0) is 29.8 Å². The smallest absolute Gasteiger partial charge is 0.243 e. The highest BCUT2D eigenvalue weighted by molar-refractivity contribution is 6.35. The molecule has 0 aromatic heterocycles. The molecule has 2 aromatic rings. The van der Waals surface area contributed by atoms with Gasteiger partial charge in [-0.25, -0.2) is 0 Å². The molecule has 0 aliphatic carbocycles. The van der Waals surface area contributed by atoms with E-state index in [4.69, 9.17) is 32.7 Å². The van der Waals surface area contributed by atoms with E-state index in [9.17, 15) is 4.79 Å². The largest absolute Gasteiger partial charge is 0.486 e. The summed E-state index contributed by atoms with van der Waals surface area (Å²) in [5.41, 5.74) is 1.00. The zero-order valence-electron chi connectivity index (χ0n) is 13.9. The predicted octanol–water partition coefficient (Wildman–Crippen LogP) is 4.60. The number of hydrogen-bond donors (Lipinski definition) is 0. The second-order valence-electron chi connectivity index (χ2n) is 5.50. The second kappa shape index (κ2) is 8.25. The van der Waals surface area contributed by atoms with Gasteiger partial charge in [0.1, 0.15) is 12.4 Å². The highest BCUT2D eigenvalue weighted by Gasteiger charge is 2.30. The maximum Gasteiger partial charge on any atom is 0.243 e. The van der Waals surface area contributed by atoms with Crippen molar-refractivity contribution in [2.45, 2.75) is 13.2 Å². The van der Waals surface area contributed by atoms with Gasteiger partial charge >= 0.3 is 0 Å². The van der Waals surface area contributed by atoms with E-state index < -0.39 is 6.23 Å². The summed E-state index contributed by atoms with van der Waals surface area (Å²) in [5, 5.41) is 6.33. The van der Waals surface area contributed by atoms with Gasteiger partial charge in [0.2, 0.25) is 18.0 Å². The molecule has 26 heavy (non-hydrogen) atoms. The molecule has 0 fully saturated rings. The Morgan fingerprint density at radius 2 is 2.00 bits per heavy atom. The molecule has 1 heterocycles. The Bertz CT molecular complexity index is 853. The van der Waals surface area contributed by atoms with E-state index in [0.717, 1.165) is 5.56 Å². The van der Waals surface area contributed by atoms with Crippen molar-refractivity contribution in [2.75, 3.05) is 6.61 Å². The van der Waals surface area contributed by atoms with Gasteiger partial charge in [0.25, 0.3) is 0 Å². The van der Waals surface area contributed by atoms with Crippen LogP contribution in [0.15, 0.2) is 59.7 Å². The third kappa shape index (κ3) is 4.56. The molecular weight excluding hydrogens is 375 g/mol. The van der Waals surface area contributed by atoms with E-state index in [1.807, 2.05) is 36.4 Å². The molecule has 1 unspecified atom stereocenters. The summed E-state index contributed by atoms with van der Waals surface area (Å²) in [4.78, 5) is 11.8. The van der Waals surface area contributed by atoms with Crippen LogP contribution in [0.1, 0.15) is 12.5 Å². The predicted molar refractivity (Wildman–Crippen MR) is 102 cm³/mol. The van der Waals surface area contributed by atoms with Gasteiger partial charge in [0.05, 0.1) is 5.02 Å². The fourth-order valence-corrected chi connectivity index (χ4v) is 2.78. The van der Waals surface area contributed by atoms with Gasteiger partial charge in [-0.15, -0.1) is 5.10 Å². The molecule has 0 saturated carbocycles. The van der Waals surface area contributed by atoms with Crippen LogP contribution < -0.4 is 4.74 Å². The Morgan fingerprint density at radius 3 is 2.69 bits per heavy atom. The zero-order chi connectivity index (χ0) is 18.5. The lowest BCUT2D eigenvalue weighted by Gasteiger charge is -2.19. The number of hydrazone groups is 1. The highest BCUT2D eigenvalue weighted by Crippen LogP contribution is 2.28. The van der Waals surface area contributed by atoms with Crippen LogP contribution in [-0.4, -0.2) is 29.6 Å². The summed E-state index contributed by atoms with van der Waals surface area (Å²) < 4.78 is 11.4. The van der Waals surface area contributed by atoms with Crippen molar-refractivity contribution < 1.29 is 14.3 Å². The van der Waals surface area contributed by atoms with E-state index in [0.29, 0.717) is 21.7 Å². The molecule has 1 aliphatic rings. The Balaban J connectivity index is 1.66. The van der Waals surface area contributed by atoms with Crippen LogP contribution in [0.25, 0.3) is 6.08 Å². The number of hydrogen-bond acceptors (Lipinski definition) is 4. The first-order valence-corrected chi connectivity index (χ1v) is 8.64. The molecule has 0 saturated heterocycles. The Hall–Kier alpha value is -2.50. The number of ether oxygens (including phenoxy) is 2.